The third-order valence-corrected chi connectivity index (χ3v) is 3.77. The van der Waals surface area contributed by atoms with Gasteiger partial charge in [0.25, 0.3) is 0 Å². The van der Waals surface area contributed by atoms with E-state index in [1.165, 1.54) is 0 Å². The molecule has 0 aromatic heterocycles. The van der Waals surface area contributed by atoms with Crippen LogP contribution in [0.1, 0.15) is 24.8 Å². The van der Waals surface area contributed by atoms with E-state index in [-0.39, 0.29) is 6.04 Å². The first kappa shape index (κ1) is 11.5. The molecule has 1 aromatic carbocycles. The van der Waals surface area contributed by atoms with Crippen molar-refractivity contribution in [3.63, 3.8) is 0 Å². The van der Waals surface area contributed by atoms with Crippen molar-refractivity contribution >= 4 is 27.6 Å². The fourth-order valence-corrected chi connectivity index (χ4v) is 2.60. The number of carboxylic acid groups (broad SMARTS) is 1. The number of hydrogen-bond acceptors (Lipinski definition) is 2. The van der Waals surface area contributed by atoms with Crippen molar-refractivity contribution in [2.45, 2.75) is 25.3 Å². The van der Waals surface area contributed by atoms with E-state index < -0.39 is 11.9 Å². The summed E-state index contributed by atoms with van der Waals surface area (Å²) in [5.74, 6) is -1.13. The predicted octanol–water partition coefficient (Wildman–Crippen LogP) is 2.85. The Hall–Kier alpha value is -1.03. The Morgan fingerprint density at radius 1 is 1.56 bits per heavy atom. The first-order chi connectivity index (χ1) is 7.50. The molecule has 1 heterocycles. The Balaban J connectivity index is 2.54. The Bertz CT molecular complexity index is 433. The first-order valence-electron chi connectivity index (χ1n) is 5.25. The number of aliphatic carboxylic acids is 1. The SMILES string of the molecule is C[C@H]1C[C@@H](C(=O)O)c2cc(Br)ccc2N1C. The van der Waals surface area contributed by atoms with Crippen molar-refractivity contribution in [1.29, 1.82) is 0 Å². The summed E-state index contributed by atoms with van der Waals surface area (Å²) >= 11 is 3.39. The summed E-state index contributed by atoms with van der Waals surface area (Å²) in [5.41, 5.74) is 1.93. The lowest BCUT2D eigenvalue weighted by Crippen LogP contribution is -2.37. The number of carbonyl (C=O) groups is 1. The summed E-state index contributed by atoms with van der Waals surface area (Å²) in [6.07, 6.45) is 0.662. The second kappa shape index (κ2) is 4.09. The summed E-state index contributed by atoms with van der Waals surface area (Å²) in [6.45, 7) is 2.06. The monoisotopic (exact) mass is 283 g/mol. The van der Waals surface area contributed by atoms with Gasteiger partial charge in [0, 0.05) is 23.2 Å². The molecular weight excluding hydrogens is 270 g/mol. The number of anilines is 1. The molecule has 2 atom stereocenters. The topological polar surface area (TPSA) is 40.5 Å². The molecule has 0 amide bonds. The molecule has 0 unspecified atom stereocenters. The van der Waals surface area contributed by atoms with Gasteiger partial charge in [-0.1, -0.05) is 15.9 Å². The van der Waals surface area contributed by atoms with Crippen molar-refractivity contribution in [2.24, 2.45) is 0 Å². The second-order valence-corrected chi connectivity index (χ2v) is 5.21. The van der Waals surface area contributed by atoms with Crippen LogP contribution in [0.2, 0.25) is 0 Å². The highest BCUT2D eigenvalue weighted by molar-refractivity contribution is 9.10. The van der Waals surface area contributed by atoms with E-state index in [9.17, 15) is 9.90 Å². The fourth-order valence-electron chi connectivity index (χ4n) is 2.22. The minimum absolute atomic E-state index is 0.259. The summed E-state index contributed by atoms with van der Waals surface area (Å²) in [6, 6.07) is 6.10. The Morgan fingerprint density at radius 2 is 2.25 bits per heavy atom. The van der Waals surface area contributed by atoms with Gasteiger partial charge in [0.15, 0.2) is 0 Å². The molecule has 1 aromatic rings. The standard InChI is InChI=1S/C12H14BrNO2/c1-7-5-10(12(15)16)9-6-8(13)3-4-11(9)14(7)2/h3-4,6-7,10H,5H2,1-2H3,(H,15,16)/t7-,10+/m0/s1. The van der Waals surface area contributed by atoms with Crippen molar-refractivity contribution < 1.29 is 9.90 Å². The molecule has 0 radical (unpaired) electrons. The van der Waals surface area contributed by atoms with E-state index in [1.807, 2.05) is 25.2 Å². The summed E-state index contributed by atoms with van der Waals surface area (Å²) in [7, 11) is 2.01. The fraction of sp³-hybridized carbons (Fsp3) is 0.417. The molecule has 3 nitrogen and oxygen atoms in total. The third kappa shape index (κ3) is 1.82. The Morgan fingerprint density at radius 3 is 2.88 bits per heavy atom. The van der Waals surface area contributed by atoms with Gasteiger partial charge in [0.05, 0.1) is 5.92 Å². The summed E-state index contributed by atoms with van der Waals surface area (Å²) in [5, 5.41) is 9.25. The van der Waals surface area contributed by atoms with Crippen molar-refractivity contribution in [2.75, 3.05) is 11.9 Å². The van der Waals surface area contributed by atoms with Crippen molar-refractivity contribution in [1.82, 2.24) is 0 Å². The zero-order valence-corrected chi connectivity index (χ0v) is 10.9. The van der Waals surface area contributed by atoms with Crippen LogP contribution in [-0.4, -0.2) is 24.2 Å². The molecule has 16 heavy (non-hydrogen) atoms. The number of rotatable bonds is 1. The van der Waals surface area contributed by atoms with Crippen LogP contribution in [0.4, 0.5) is 5.69 Å². The van der Waals surface area contributed by atoms with Gasteiger partial charge in [0.1, 0.15) is 0 Å². The zero-order valence-electron chi connectivity index (χ0n) is 9.27. The molecule has 0 bridgehead atoms. The number of halogens is 1. The van der Waals surface area contributed by atoms with E-state index >= 15 is 0 Å². The lowest BCUT2D eigenvalue weighted by molar-refractivity contribution is -0.139. The molecule has 4 heteroatoms. The minimum atomic E-state index is -0.737. The van der Waals surface area contributed by atoms with Gasteiger partial charge in [-0.05, 0) is 37.1 Å². The molecule has 1 aliphatic heterocycles. The molecule has 0 spiro atoms. The van der Waals surface area contributed by atoms with Crippen LogP contribution in [0.3, 0.4) is 0 Å². The molecule has 1 N–H and O–H groups in total. The highest BCUT2D eigenvalue weighted by atomic mass is 79.9. The van der Waals surface area contributed by atoms with Crippen LogP contribution in [0.25, 0.3) is 0 Å². The molecule has 0 fully saturated rings. The lowest BCUT2D eigenvalue weighted by Gasteiger charge is -2.37. The average Bonchev–Trinajstić information content (AvgIpc) is 2.22. The van der Waals surface area contributed by atoms with Gasteiger partial charge in [-0.15, -0.1) is 0 Å². The predicted molar refractivity (Wildman–Crippen MR) is 67.0 cm³/mol. The maximum atomic E-state index is 11.2. The Labute approximate surface area is 103 Å². The van der Waals surface area contributed by atoms with E-state index in [0.717, 1.165) is 15.7 Å². The summed E-state index contributed by atoms with van der Waals surface area (Å²) < 4.78 is 0.931. The van der Waals surface area contributed by atoms with Gasteiger partial charge >= 0.3 is 5.97 Å². The number of benzene rings is 1. The second-order valence-electron chi connectivity index (χ2n) is 4.29. The number of carboxylic acids is 1. The molecule has 0 saturated heterocycles. The largest absolute Gasteiger partial charge is 0.481 e. The van der Waals surface area contributed by atoms with E-state index in [0.29, 0.717) is 6.42 Å². The van der Waals surface area contributed by atoms with Crippen LogP contribution >= 0.6 is 15.9 Å². The van der Waals surface area contributed by atoms with Crippen LogP contribution in [0.5, 0.6) is 0 Å². The highest BCUT2D eigenvalue weighted by Gasteiger charge is 2.32. The van der Waals surface area contributed by atoms with Gasteiger partial charge in [-0.3, -0.25) is 4.79 Å². The maximum Gasteiger partial charge on any atom is 0.311 e. The highest BCUT2D eigenvalue weighted by Crippen LogP contribution is 2.39. The number of nitrogens with zero attached hydrogens (tertiary/aromatic N) is 1. The van der Waals surface area contributed by atoms with Crippen LogP contribution in [0, 0.1) is 0 Å². The van der Waals surface area contributed by atoms with E-state index in [1.54, 1.807) is 0 Å². The van der Waals surface area contributed by atoms with Gasteiger partial charge in [-0.2, -0.15) is 0 Å². The van der Waals surface area contributed by atoms with Crippen LogP contribution in [-0.2, 0) is 4.79 Å². The van der Waals surface area contributed by atoms with Crippen LogP contribution < -0.4 is 4.90 Å². The smallest absolute Gasteiger partial charge is 0.311 e. The maximum absolute atomic E-state index is 11.2. The minimum Gasteiger partial charge on any atom is -0.481 e. The van der Waals surface area contributed by atoms with E-state index in [2.05, 4.69) is 27.8 Å². The number of hydrogen-bond donors (Lipinski definition) is 1. The average molecular weight is 284 g/mol. The zero-order chi connectivity index (χ0) is 11.9. The molecule has 0 aliphatic carbocycles. The normalized spacial score (nSPS) is 24.1. The van der Waals surface area contributed by atoms with Crippen molar-refractivity contribution in [3.8, 4) is 0 Å². The quantitative estimate of drug-likeness (QED) is 0.862. The molecule has 2 rings (SSSR count). The van der Waals surface area contributed by atoms with E-state index in [4.69, 9.17) is 0 Å². The molecule has 86 valence electrons. The lowest BCUT2D eigenvalue weighted by atomic mass is 9.86. The molecular formula is C12H14BrNO2. The third-order valence-electron chi connectivity index (χ3n) is 3.28. The van der Waals surface area contributed by atoms with Crippen molar-refractivity contribution in [3.05, 3.63) is 28.2 Å². The molecule has 0 saturated carbocycles. The van der Waals surface area contributed by atoms with Gasteiger partial charge in [0.2, 0.25) is 0 Å². The molecule has 1 aliphatic rings. The summed E-state index contributed by atoms with van der Waals surface area (Å²) in [4.78, 5) is 13.4. The van der Waals surface area contributed by atoms with Gasteiger partial charge in [-0.25, -0.2) is 0 Å². The Kier molecular flexibility index (Phi) is 2.93. The van der Waals surface area contributed by atoms with Crippen LogP contribution in [0.15, 0.2) is 22.7 Å². The first-order valence-corrected chi connectivity index (χ1v) is 6.05. The van der Waals surface area contributed by atoms with Gasteiger partial charge < -0.3 is 10.0 Å². The number of fused-ring (bicyclic) bond motifs is 1.